The maximum absolute atomic E-state index is 15.0. The van der Waals surface area contributed by atoms with Crippen LogP contribution in [0.25, 0.3) is 26.8 Å². The zero-order valence-electron chi connectivity index (χ0n) is 55.8. The molecule has 4 saturated heterocycles. The molecule has 0 saturated carbocycles. The maximum Gasteiger partial charge on any atom is 0.266 e. The van der Waals surface area contributed by atoms with Gasteiger partial charge in [-0.3, -0.25) is 47.2 Å². The van der Waals surface area contributed by atoms with Crippen molar-refractivity contribution in [3.8, 4) is 33.3 Å². The first-order valence-electron chi connectivity index (χ1n) is 33.2. The van der Waals surface area contributed by atoms with Gasteiger partial charge in [-0.05, 0) is 99.7 Å². The largest absolute Gasteiger partial charge is 0.504 e. The van der Waals surface area contributed by atoms with E-state index in [-0.39, 0.29) is 23.8 Å². The van der Waals surface area contributed by atoms with E-state index in [0.29, 0.717) is 16.2 Å². The van der Waals surface area contributed by atoms with Gasteiger partial charge in [0.05, 0.1) is 73.9 Å². The van der Waals surface area contributed by atoms with Crippen molar-refractivity contribution in [1.29, 1.82) is 0 Å². The third kappa shape index (κ3) is 19.9. The Morgan fingerprint density at radius 1 is 0.772 bits per heavy atom. The molecular weight excluding hydrogens is 1360 g/mol. The van der Waals surface area contributed by atoms with Gasteiger partial charge < -0.3 is 106 Å². The van der Waals surface area contributed by atoms with Gasteiger partial charge in [-0.25, -0.2) is 9.50 Å². The van der Waals surface area contributed by atoms with Crippen LogP contribution in [0.2, 0.25) is 0 Å². The standard InChI is InChI=1S/C65H90N12O22S2/c1-34-29-76-55(56(34)86)61(91)67-28-42(81)26-45(68-57(87)38-9-7-37(8-10-38)46-31-77-65(69-46)100-62(73-77)39-11-13-41(14-12-39)74-20-17-44(18-21-74)98-23-5-4-22-97-3)58(88)70-52(35(2)80)63(92)75-30-43(82)27-47(75)59(89)71-53(50(85)24-36-6-15-48(83)51(25-36)99-101(94,95)96)60(90)72-54(64(76)93)49(84)16-19-66-40(32-78)33-79/h6-15,25,31,34-35,40,42-45,47,49-50,52-56,66,78-86,94-96H,4-5,16-24,26-30,32-33H2,1-3H3,(H,67,91)(H,68,87)(H,70,88)(H,71,89)(H,72,90)/t34-,35+,42+,43+,45-,47-,49+,50+,52-,53-,54-,55-,56-/m0/s1. The number of carbonyl (C=O) groups excluding carboxylic acids is 7. The number of aliphatic hydroxyl groups is 8. The number of amides is 7. The summed E-state index contributed by atoms with van der Waals surface area (Å²) in [6.07, 6.45) is -7.32. The second kappa shape index (κ2) is 34.9. The molecule has 2 aromatic heterocycles. The predicted octanol–water partition coefficient (Wildman–Crippen LogP) is -1.96. The molecule has 3 aromatic carbocycles. The van der Waals surface area contributed by atoms with E-state index in [0.717, 1.165) is 97.1 Å². The third-order valence-corrected chi connectivity index (χ3v) is 19.6. The number of anilines is 1. The molecule has 0 unspecified atom stereocenters. The number of fused-ring (bicyclic) bond motifs is 3. The van der Waals surface area contributed by atoms with Gasteiger partial charge in [0.15, 0.2) is 11.5 Å². The smallest absolute Gasteiger partial charge is 0.266 e. The average molecular weight is 1460 g/mol. The van der Waals surface area contributed by atoms with Crippen LogP contribution < -0.4 is 41.0 Å². The lowest BCUT2D eigenvalue weighted by atomic mass is 9.98. The highest BCUT2D eigenvalue weighted by Gasteiger charge is 2.50. The van der Waals surface area contributed by atoms with Crippen LogP contribution >= 0.6 is 22.5 Å². The highest BCUT2D eigenvalue weighted by Crippen LogP contribution is 2.41. The molecular formula is C65H90N12O22S2. The second-order valence-corrected chi connectivity index (χ2v) is 27.9. The van der Waals surface area contributed by atoms with E-state index in [4.69, 9.17) is 19.6 Å². The van der Waals surface area contributed by atoms with E-state index in [1.54, 1.807) is 30.0 Å². The average Bonchev–Trinajstić information content (AvgIpc) is 1.68. The van der Waals surface area contributed by atoms with Crippen molar-refractivity contribution < 1.29 is 107 Å². The van der Waals surface area contributed by atoms with Gasteiger partial charge in [-0.2, -0.15) is 5.10 Å². The van der Waals surface area contributed by atoms with Crippen molar-refractivity contribution in [3.63, 3.8) is 0 Å². The number of rotatable bonds is 24. The molecule has 36 heteroatoms. The zero-order valence-corrected chi connectivity index (χ0v) is 57.4. The minimum atomic E-state index is -4.75. The summed E-state index contributed by atoms with van der Waals surface area (Å²) < 4.78 is 46.3. The topological polar surface area (TPSA) is 502 Å². The van der Waals surface area contributed by atoms with Crippen LogP contribution in [0, 0.1) is 5.92 Å². The first-order valence-corrected chi connectivity index (χ1v) is 35.5. The van der Waals surface area contributed by atoms with E-state index >= 15 is 0 Å². The number of nitrogens with zero attached hydrogens (tertiary/aromatic N) is 6. The molecule has 0 radical (unpaired) electrons. The highest BCUT2D eigenvalue weighted by atomic mass is 32.3. The summed E-state index contributed by atoms with van der Waals surface area (Å²) in [5.74, 6) is -10.5. The SMILES string of the molecule is COCCCCOC1CCN(c2ccc(-c3nn4cc(-c5ccc(C(=O)N[C@H]6C[C@@H](O)CNC(=O)[C@@H]7[C@@H](O)[C@@H](C)CN7C(=O)[C@H]([C@H](O)CCNC(CO)CO)NC(=O)[C@H]([C@H](O)Cc7ccc(O)c(OS(O)(O)O)c7)NC(=O)[C@@H]7C[C@@H](O)CN7C(=O)[C@H]([C@@H](C)O)NC6=O)cc5)nc4s3)cc2)CC1. The van der Waals surface area contributed by atoms with Crippen LogP contribution in [0.15, 0.2) is 72.9 Å². The molecule has 4 aliphatic heterocycles. The Labute approximate surface area is 586 Å². The number of phenolic OH excluding ortho intramolecular Hbond substituents is 1. The van der Waals surface area contributed by atoms with Crippen molar-refractivity contribution in [1.82, 2.24) is 56.3 Å². The fraction of sp³-hybridized carbons (Fsp3) is 0.554. The van der Waals surface area contributed by atoms with Crippen LogP contribution in [-0.2, 0) is 44.7 Å². The summed E-state index contributed by atoms with van der Waals surface area (Å²) in [5, 5.41) is 119. The number of methoxy groups -OCH3 is 1. The number of β-amino-alcohol motifs (C(OH)–C–C–N with tert-alkyl or cyclic N) is 1. The van der Waals surface area contributed by atoms with Gasteiger partial charge in [0, 0.05) is 101 Å². The number of piperidine rings is 1. The molecule has 4 fully saturated rings. The van der Waals surface area contributed by atoms with Crippen LogP contribution in [0.3, 0.4) is 0 Å². The Morgan fingerprint density at radius 2 is 1.44 bits per heavy atom. The number of hydrogen-bond acceptors (Lipinski definition) is 27. The number of hydrogen-bond donors (Lipinski definition) is 18. The van der Waals surface area contributed by atoms with Crippen LogP contribution in [0.4, 0.5) is 5.69 Å². The van der Waals surface area contributed by atoms with E-state index in [1.165, 1.54) is 36.5 Å². The zero-order chi connectivity index (χ0) is 73.0. The van der Waals surface area contributed by atoms with Crippen molar-refractivity contribution >= 4 is 74.5 Å². The van der Waals surface area contributed by atoms with E-state index in [2.05, 4.69) is 53.1 Å². The number of unbranched alkanes of at least 4 members (excludes halogenated alkanes) is 1. The number of nitrogens with one attached hydrogen (secondary N) is 6. The van der Waals surface area contributed by atoms with E-state index < -0.39 is 207 Å². The summed E-state index contributed by atoms with van der Waals surface area (Å²) in [4.78, 5) is 112. The van der Waals surface area contributed by atoms with Gasteiger partial charge in [0.25, 0.3) is 17.1 Å². The highest BCUT2D eigenvalue weighted by molar-refractivity contribution is 8.15. The molecule has 4 aliphatic rings. The number of benzene rings is 3. The summed E-state index contributed by atoms with van der Waals surface area (Å²) in [6, 6.07) is 4.76. The quantitative estimate of drug-likeness (QED) is 0.0298. The first kappa shape index (κ1) is 77.4. The summed E-state index contributed by atoms with van der Waals surface area (Å²) >= 11 is -3.37. The van der Waals surface area contributed by atoms with Crippen LogP contribution in [0.1, 0.15) is 74.7 Å². The number of aromatic nitrogens is 3. The molecule has 554 valence electrons. The minimum absolute atomic E-state index is 0.000333. The normalized spacial score (nSPS) is 25.2. The number of aliphatic hydroxyl groups excluding tert-OH is 8. The number of ether oxygens (including phenoxy) is 2. The molecule has 0 bridgehead atoms. The molecule has 0 aliphatic carbocycles. The molecule has 5 aromatic rings. The Bertz CT molecular complexity index is 3620. The number of carbonyl (C=O) groups is 7. The van der Waals surface area contributed by atoms with Gasteiger partial charge in [0.1, 0.15) is 41.3 Å². The Balaban J connectivity index is 0.957. The third-order valence-electron chi connectivity index (χ3n) is 18.2. The summed E-state index contributed by atoms with van der Waals surface area (Å²) in [7, 11) is 1.70. The van der Waals surface area contributed by atoms with Gasteiger partial charge in [-0.15, -0.1) is 0 Å². The van der Waals surface area contributed by atoms with Crippen LogP contribution in [-0.4, -0.2) is 283 Å². The lowest BCUT2D eigenvalue weighted by Gasteiger charge is -2.34. The first-order chi connectivity index (χ1) is 48.1. The Hall–Kier alpha value is -7.76. The fourth-order valence-corrected chi connectivity index (χ4v) is 13.9. The molecule has 7 amide bonds. The van der Waals surface area contributed by atoms with Crippen molar-refractivity contribution in [2.75, 3.05) is 77.7 Å². The van der Waals surface area contributed by atoms with Crippen molar-refractivity contribution in [2.24, 2.45) is 5.92 Å². The predicted molar refractivity (Wildman–Crippen MR) is 364 cm³/mol. The molecule has 6 heterocycles. The summed E-state index contributed by atoms with van der Waals surface area (Å²) in [5.41, 5.74) is 3.05. The fourth-order valence-electron chi connectivity index (χ4n) is 12.6. The van der Waals surface area contributed by atoms with Gasteiger partial charge in [0.2, 0.25) is 40.4 Å². The minimum Gasteiger partial charge on any atom is -0.504 e. The molecule has 101 heavy (non-hydrogen) atoms. The lowest BCUT2D eigenvalue weighted by molar-refractivity contribution is -0.147. The number of aromatic hydroxyl groups is 1. The van der Waals surface area contributed by atoms with Crippen molar-refractivity contribution in [2.45, 2.75) is 150 Å². The van der Waals surface area contributed by atoms with E-state index in [1.807, 2.05) is 12.1 Å². The monoisotopic (exact) mass is 1450 g/mol. The van der Waals surface area contributed by atoms with Gasteiger partial charge >= 0.3 is 0 Å². The van der Waals surface area contributed by atoms with E-state index in [9.17, 15) is 93.2 Å². The molecule has 0 spiro atoms. The lowest BCUT2D eigenvalue weighted by Crippen LogP contribution is -2.64. The van der Waals surface area contributed by atoms with Gasteiger partial charge in [-0.1, -0.05) is 36.5 Å². The maximum atomic E-state index is 15.0. The van der Waals surface area contributed by atoms with Crippen LogP contribution in [0.5, 0.6) is 11.5 Å². The van der Waals surface area contributed by atoms with Crippen molar-refractivity contribution in [3.05, 3.63) is 84.1 Å². The second-order valence-electron chi connectivity index (χ2n) is 25.8. The Morgan fingerprint density at radius 3 is 2.10 bits per heavy atom. The molecule has 34 nitrogen and oxygen atoms in total. The molecule has 9 rings (SSSR count). The number of imidazole rings is 1. The Kier molecular flexibility index (Phi) is 26.8. The summed E-state index contributed by atoms with van der Waals surface area (Å²) in [6.45, 7) is 2.72. The molecule has 13 atom stereocenters. The molecule has 18 N–H and O–H groups in total. The number of phenols is 1.